The number of aliphatic hydroxyl groups is 3. The third-order valence-electron chi connectivity index (χ3n) is 3.52. The number of nitro benzene ring substituents is 2. The van der Waals surface area contributed by atoms with Crippen LogP contribution >= 0.6 is 11.8 Å². The molecule has 0 bridgehead atoms. The van der Waals surface area contributed by atoms with E-state index in [9.17, 15) is 30.4 Å². The molecule has 5 N–H and O–H groups in total. The summed E-state index contributed by atoms with van der Waals surface area (Å²) in [5.74, 6) is 0. The maximum Gasteiger partial charge on any atom is 0.289 e. The van der Waals surface area contributed by atoms with E-state index in [0.29, 0.717) is 0 Å². The third kappa shape index (κ3) is 3.63. The molecule has 0 radical (unpaired) electrons. The highest BCUT2D eigenvalue weighted by molar-refractivity contribution is 8.00. The van der Waals surface area contributed by atoms with E-state index in [2.05, 4.69) is 0 Å². The van der Waals surface area contributed by atoms with Crippen molar-refractivity contribution in [3.63, 3.8) is 0 Å². The number of non-ortho nitro benzene ring substituents is 1. The number of nitro groups is 2. The molecule has 1 aromatic carbocycles. The topological polar surface area (TPSA) is 182 Å². The zero-order chi connectivity index (χ0) is 18.0. The van der Waals surface area contributed by atoms with Crippen LogP contribution in [0.4, 0.5) is 11.4 Å². The molecular weight excluding hydrogens is 346 g/mol. The molecule has 5 atom stereocenters. The van der Waals surface area contributed by atoms with Crippen LogP contribution in [-0.2, 0) is 4.74 Å². The SMILES string of the molecule is N[C@@H]1[C@@H](O)[C@H](O)[C@@H](CO)O[C@@H]1Sc1ccc([N+](=O)[O-])cc1[N+](=O)[O-]. The minimum Gasteiger partial charge on any atom is -0.394 e. The summed E-state index contributed by atoms with van der Waals surface area (Å²) < 4.78 is 5.37. The van der Waals surface area contributed by atoms with E-state index in [1.165, 1.54) is 6.07 Å². The second kappa shape index (κ2) is 7.38. The van der Waals surface area contributed by atoms with Crippen molar-refractivity contribution in [3.05, 3.63) is 38.4 Å². The molecule has 1 heterocycles. The van der Waals surface area contributed by atoms with Gasteiger partial charge in [0.05, 0.1) is 33.5 Å². The van der Waals surface area contributed by atoms with Crippen LogP contribution in [0.3, 0.4) is 0 Å². The molecule has 2 rings (SSSR count). The molecule has 0 aliphatic carbocycles. The molecule has 12 heteroatoms. The molecule has 1 aliphatic rings. The maximum absolute atomic E-state index is 11.1. The molecule has 0 amide bonds. The lowest BCUT2D eigenvalue weighted by Gasteiger charge is -2.40. The Kier molecular flexibility index (Phi) is 5.69. The molecule has 11 nitrogen and oxygen atoms in total. The summed E-state index contributed by atoms with van der Waals surface area (Å²) in [7, 11) is 0. The van der Waals surface area contributed by atoms with Gasteiger partial charge in [-0.2, -0.15) is 0 Å². The maximum atomic E-state index is 11.1. The van der Waals surface area contributed by atoms with Gasteiger partial charge in [-0.3, -0.25) is 20.2 Å². The van der Waals surface area contributed by atoms with Gasteiger partial charge in [0, 0.05) is 6.07 Å². The molecule has 0 saturated carbocycles. The van der Waals surface area contributed by atoms with E-state index >= 15 is 0 Å². The third-order valence-corrected chi connectivity index (χ3v) is 4.78. The molecule has 0 unspecified atom stereocenters. The lowest BCUT2D eigenvalue weighted by Crippen LogP contribution is -2.60. The van der Waals surface area contributed by atoms with E-state index in [4.69, 9.17) is 15.6 Å². The van der Waals surface area contributed by atoms with Crippen molar-refractivity contribution in [3.8, 4) is 0 Å². The van der Waals surface area contributed by atoms with E-state index < -0.39 is 57.6 Å². The Morgan fingerprint density at radius 2 is 1.88 bits per heavy atom. The summed E-state index contributed by atoms with van der Waals surface area (Å²) in [6.45, 7) is -0.579. The fourth-order valence-electron chi connectivity index (χ4n) is 2.20. The zero-order valence-electron chi connectivity index (χ0n) is 12.1. The van der Waals surface area contributed by atoms with E-state index in [1.54, 1.807) is 0 Å². The molecule has 1 fully saturated rings. The lowest BCUT2D eigenvalue weighted by atomic mass is 9.99. The quantitative estimate of drug-likeness (QED) is 0.389. The van der Waals surface area contributed by atoms with Gasteiger partial charge in [-0.05, 0) is 6.07 Å². The van der Waals surface area contributed by atoms with Gasteiger partial charge < -0.3 is 25.8 Å². The number of thioether (sulfide) groups is 1. The van der Waals surface area contributed by atoms with E-state index in [-0.39, 0.29) is 4.90 Å². The van der Waals surface area contributed by atoms with E-state index in [0.717, 1.165) is 23.9 Å². The van der Waals surface area contributed by atoms with Crippen LogP contribution in [0.15, 0.2) is 23.1 Å². The summed E-state index contributed by atoms with van der Waals surface area (Å²) in [6.07, 6.45) is -3.89. The average molecular weight is 361 g/mol. The fourth-order valence-corrected chi connectivity index (χ4v) is 3.36. The van der Waals surface area contributed by atoms with Gasteiger partial charge in [0.1, 0.15) is 23.7 Å². The Labute approximate surface area is 139 Å². The first kappa shape index (κ1) is 18.5. The summed E-state index contributed by atoms with van der Waals surface area (Å²) >= 11 is 0.779. The van der Waals surface area contributed by atoms with Crippen molar-refractivity contribution in [2.45, 2.75) is 34.7 Å². The van der Waals surface area contributed by atoms with Gasteiger partial charge in [0.2, 0.25) is 0 Å². The van der Waals surface area contributed by atoms with Crippen LogP contribution in [0, 0.1) is 20.2 Å². The summed E-state index contributed by atoms with van der Waals surface area (Å²) in [4.78, 5) is 20.4. The van der Waals surface area contributed by atoms with Crippen molar-refractivity contribution < 1.29 is 29.9 Å². The minimum atomic E-state index is -1.40. The molecule has 1 saturated heterocycles. The highest BCUT2D eigenvalue weighted by atomic mass is 32.2. The van der Waals surface area contributed by atoms with Gasteiger partial charge in [-0.25, -0.2) is 0 Å². The van der Waals surface area contributed by atoms with Crippen molar-refractivity contribution in [2.75, 3.05) is 6.61 Å². The highest BCUT2D eigenvalue weighted by Gasteiger charge is 2.43. The largest absolute Gasteiger partial charge is 0.394 e. The van der Waals surface area contributed by atoms with Crippen LogP contribution < -0.4 is 5.73 Å². The Morgan fingerprint density at radius 1 is 1.21 bits per heavy atom. The van der Waals surface area contributed by atoms with Gasteiger partial charge in [-0.1, -0.05) is 11.8 Å². The number of aliphatic hydroxyl groups excluding tert-OH is 3. The monoisotopic (exact) mass is 361 g/mol. The standard InChI is InChI=1S/C12H15N3O8S/c13-9-11(18)10(17)7(4-16)23-12(9)24-8-2-1-5(14(19)20)3-6(8)15(21)22/h1-3,7,9-12,16-18H,4,13H2/t7-,9-,10-,11-,12-/m1/s1. The van der Waals surface area contributed by atoms with Gasteiger partial charge in [0.15, 0.2) is 0 Å². The predicted molar refractivity (Wildman–Crippen MR) is 81.3 cm³/mol. The van der Waals surface area contributed by atoms with Crippen molar-refractivity contribution in [2.24, 2.45) is 5.73 Å². The first-order valence-corrected chi connectivity index (χ1v) is 7.61. The second-order valence-corrected chi connectivity index (χ2v) is 6.21. The van der Waals surface area contributed by atoms with E-state index in [1.807, 2.05) is 0 Å². The first-order valence-electron chi connectivity index (χ1n) is 6.73. The van der Waals surface area contributed by atoms with Crippen LogP contribution in [-0.4, -0.2) is 61.6 Å². The number of nitrogens with zero attached hydrogens (tertiary/aromatic N) is 2. The number of nitrogens with two attached hydrogens (primary N) is 1. The molecule has 0 aromatic heterocycles. The average Bonchev–Trinajstić information content (AvgIpc) is 2.55. The van der Waals surface area contributed by atoms with Crippen molar-refractivity contribution in [1.29, 1.82) is 0 Å². The molecule has 24 heavy (non-hydrogen) atoms. The van der Waals surface area contributed by atoms with Crippen LogP contribution in [0.5, 0.6) is 0 Å². The summed E-state index contributed by atoms with van der Waals surface area (Å²) in [6, 6.07) is 2.01. The smallest absolute Gasteiger partial charge is 0.289 e. The molecular formula is C12H15N3O8S. The normalized spacial score (nSPS) is 30.1. The lowest BCUT2D eigenvalue weighted by molar-refractivity contribution is -0.396. The molecule has 0 spiro atoms. The Morgan fingerprint density at radius 3 is 2.42 bits per heavy atom. The first-order chi connectivity index (χ1) is 11.3. The Balaban J connectivity index is 2.29. The molecule has 1 aromatic rings. The van der Waals surface area contributed by atoms with Gasteiger partial charge in [-0.15, -0.1) is 0 Å². The number of benzene rings is 1. The Bertz CT molecular complexity index is 643. The fraction of sp³-hybridized carbons (Fsp3) is 0.500. The highest BCUT2D eigenvalue weighted by Crippen LogP contribution is 2.38. The van der Waals surface area contributed by atoms with Gasteiger partial charge in [0.25, 0.3) is 11.4 Å². The second-order valence-electron chi connectivity index (χ2n) is 5.07. The zero-order valence-corrected chi connectivity index (χ0v) is 12.9. The van der Waals surface area contributed by atoms with Gasteiger partial charge >= 0.3 is 0 Å². The van der Waals surface area contributed by atoms with Crippen LogP contribution in [0.25, 0.3) is 0 Å². The number of ether oxygens (including phenoxy) is 1. The molecule has 132 valence electrons. The number of hydrogen-bond acceptors (Lipinski definition) is 10. The summed E-state index contributed by atoms with van der Waals surface area (Å²) in [5, 5.41) is 50.6. The predicted octanol–water partition coefficient (Wildman–Crippen LogP) is -0.639. The number of hydrogen-bond donors (Lipinski definition) is 4. The van der Waals surface area contributed by atoms with Crippen molar-refractivity contribution >= 4 is 23.1 Å². The van der Waals surface area contributed by atoms with Crippen molar-refractivity contribution in [1.82, 2.24) is 0 Å². The van der Waals surface area contributed by atoms with Crippen LogP contribution in [0.2, 0.25) is 0 Å². The minimum absolute atomic E-state index is 0.0475. The van der Waals surface area contributed by atoms with Crippen LogP contribution in [0.1, 0.15) is 0 Å². The Hall–Kier alpha value is -1.83. The summed E-state index contributed by atoms with van der Waals surface area (Å²) in [5.41, 5.74) is 3.82. The number of rotatable bonds is 5. The molecule has 1 aliphatic heterocycles.